The van der Waals surface area contributed by atoms with Crippen LogP contribution in [0.3, 0.4) is 0 Å². The van der Waals surface area contributed by atoms with Crippen molar-refractivity contribution >= 4 is 34.4 Å². The van der Waals surface area contributed by atoms with Gasteiger partial charge < -0.3 is 4.55 Å². The zero-order valence-corrected chi connectivity index (χ0v) is 7.31. The van der Waals surface area contributed by atoms with Crippen LogP contribution in [0.2, 0.25) is 0 Å². The molecule has 4 heteroatoms. The Morgan fingerprint density at radius 2 is 1.38 bits per heavy atom. The predicted octanol–water partition coefficient (Wildman–Crippen LogP) is 1.46. The van der Waals surface area contributed by atoms with E-state index in [0.29, 0.717) is 11.8 Å². The van der Waals surface area contributed by atoms with E-state index in [1.807, 2.05) is 0 Å². The third kappa shape index (κ3) is 66.9. The Morgan fingerprint density at radius 3 is 1.38 bits per heavy atom. The fraction of sp³-hybridized carbons (Fsp3) is 1.00. The maximum absolute atomic E-state index is 9.56. The fourth-order valence-electron chi connectivity index (χ4n) is 0. The topological polar surface area (TPSA) is 23.1 Å². The lowest BCUT2D eigenvalue weighted by atomic mass is 11.0. The summed E-state index contributed by atoms with van der Waals surface area (Å²) in [5.74, 6) is 1.11. The van der Waals surface area contributed by atoms with Crippen LogP contribution in [0, 0.1) is 0 Å². The number of hydrogen-bond acceptors (Lipinski definition) is 1. The normalized spacial score (nSPS) is 8.25. The van der Waals surface area contributed by atoms with Crippen LogP contribution >= 0.6 is 23.2 Å². The van der Waals surface area contributed by atoms with Crippen LogP contribution < -0.4 is 0 Å². The van der Waals surface area contributed by atoms with Gasteiger partial charge in [0.15, 0.2) is 0 Å². The van der Waals surface area contributed by atoms with Crippen LogP contribution in [0.1, 0.15) is 0 Å². The summed E-state index contributed by atoms with van der Waals surface area (Å²) in [6, 6.07) is 0. The zero-order valence-electron chi connectivity index (χ0n) is 4.99. The molecule has 0 fully saturated rings. The maximum Gasteiger partial charge on any atom is 0.0946 e. The van der Waals surface area contributed by atoms with Gasteiger partial charge in [0.1, 0.15) is 0 Å². The first-order valence-corrected chi connectivity index (χ1v) is 5.05. The van der Waals surface area contributed by atoms with Crippen molar-refractivity contribution < 1.29 is 4.55 Å². The van der Waals surface area contributed by atoms with Gasteiger partial charge in [-0.1, -0.05) is 11.2 Å². The largest absolute Gasteiger partial charge is 0.617 e. The van der Waals surface area contributed by atoms with Crippen molar-refractivity contribution in [2.45, 2.75) is 0 Å². The number of halogens is 2. The highest BCUT2D eigenvalue weighted by Crippen LogP contribution is 1.75. The molecule has 0 aromatic heterocycles. The fourth-order valence-corrected chi connectivity index (χ4v) is 0. The van der Waals surface area contributed by atoms with Crippen molar-refractivity contribution in [3.8, 4) is 0 Å². The second-order valence-corrected chi connectivity index (χ2v) is 3.36. The van der Waals surface area contributed by atoms with Gasteiger partial charge in [-0.25, -0.2) is 0 Å². The Bertz CT molecular complexity index is 30.5. The van der Waals surface area contributed by atoms with Gasteiger partial charge in [-0.05, 0) is 0 Å². The minimum atomic E-state index is -0.611. The second-order valence-electron chi connectivity index (χ2n) is 1.12. The molecule has 0 spiro atoms. The van der Waals surface area contributed by atoms with Crippen LogP contribution in [0.15, 0.2) is 0 Å². The molecule has 0 aromatic carbocycles. The molecule has 0 amide bonds. The zero-order chi connectivity index (χ0) is 6.99. The molecule has 0 unspecified atom stereocenters. The first-order chi connectivity index (χ1) is 3.65. The van der Waals surface area contributed by atoms with E-state index in [0.717, 1.165) is 0 Å². The third-order valence-electron chi connectivity index (χ3n) is 0.0714. The molecule has 0 saturated heterocycles. The van der Waals surface area contributed by atoms with E-state index >= 15 is 0 Å². The van der Waals surface area contributed by atoms with Gasteiger partial charge in [0.2, 0.25) is 0 Å². The predicted molar refractivity (Wildman–Crippen MR) is 41.4 cm³/mol. The number of rotatable bonds is 1. The highest BCUT2D eigenvalue weighted by atomic mass is 35.5. The van der Waals surface area contributed by atoms with E-state index < -0.39 is 11.2 Å². The molecule has 0 heterocycles. The minimum Gasteiger partial charge on any atom is -0.617 e. The van der Waals surface area contributed by atoms with E-state index in [-0.39, 0.29) is 0 Å². The lowest BCUT2D eigenvalue weighted by Crippen LogP contribution is -1.86. The van der Waals surface area contributed by atoms with Gasteiger partial charge in [-0.3, -0.25) is 0 Å². The molecule has 1 nitrogen and oxygen atoms in total. The van der Waals surface area contributed by atoms with Crippen molar-refractivity contribution in [1.29, 1.82) is 0 Å². The van der Waals surface area contributed by atoms with Gasteiger partial charge in [-0.15, -0.1) is 23.2 Å². The summed E-state index contributed by atoms with van der Waals surface area (Å²) in [4.78, 5) is 0. The molecular weight excluding hydrogens is 167 g/mol. The van der Waals surface area contributed by atoms with Crippen LogP contribution in [0.25, 0.3) is 0 Å². The van der Waals surface area contributed by atoms with Crippen molar-refractivity contribution in [2.24, 2.45) is 0 Å². The Hall–Kier alpha value is 0.890. The summed E-state index contributed by atoms with van der Waals surface area (Å²) in [6.07, 6.45) is 3.28. The Morgan fingerprint density at radius 1 is 1.25 bits per heavy atom. The molecule has 0 radical (unpaired) electrons. The van der Waals surface area contributed by atoms with E-state index in [2.05, 4.69) is 0 Å². The molecule has 0 saturated carbocycles. The van der Waals surface area contributed by atoms with Crippen LogP contribution in [-0.2, 0) is 11.2 Å². The molecule has 0 bridgehead atoms. The average Bonchev–Trinajstić information content (AvgIpc) is 1.65. The van der Waals surface area contributed by atoms with E-state index in [9.17, 15) is 4.55 Å². The molecule has 0 atom stereocenters. The quantitative estimate of drug-likeness (QED) is 0.439. The van der Waals surface area contributed by atoms with Crippen LogP contribution in [0.4, 0.5) is 0 Å². The summed E-state index contributed by atoms with van der Waals surface area (Å²) in [5.41, 5.74) is 0. The third-order valence-corrected chi connectivity index (χ3v) is 0.643. The first-order valence-electron chi connectivity index (χ1n) is 2.02. The molecule has 0 rings (SSSR count). The first kappa shape index (κ1) is 11.7. The monoisotopic (exact) mass is 176 g/mol. The Kier molecular flexibility index (Phi) is 15.7. The van der Waals surface area contributed by atoms with E-state index in [1.54, 1.807) is 12.5 Å². The van der Waals surface area contributed by atoms with Gasteiger partial charge in [-0.2, -0.15) is 0 Å². The van der Waals surface area contributed by atoms with Gasteiger partial charge >= 0.3 is 0 Å². The molecule has 0 aliphatic rings. The molecular formula is C4H10Cl2OS. The van der Waals surface area contributed by atoms with Gasteiger partial charge in [0, 0.05) is 11.8 Å². The Balaban J connectivity index is 0. The summed E-state index contributed by atoms with van der Waals surface area (Å²) in [6.45, 7) is 0. The Labute approximate surface area is 63.5 Å². The molecule has 8 heavy (non-hydrogen) atoms. The van der Waals surface area contributed by atoms with Crippen LogP contribution in [-0.4, -0.2) is 28.8 Å². The van der Waals surface area contributed by atoms with Crippen molar-refractivity contribution in [1.82, 2.24) is 0 Å². The molecule has 52 valence electrons. The molecule has 0 aliphatic heterocycles. The minimum absolute atomic E-state index is 0.557. The SMILES string of the molecule is C[S+](C)[O-].ClCCCl. The summed E-state index contributed by atoms with van der Waals surface area (Å²) in [7, 11) is 0. The second kappa shape index (κ2) is 10.8. The number of hydrogen-bond donors (Lipinski definition) is 0. The van der Waals surface area contributed by atoms with Gasteiger partial charge in [0.25, 0.3) is 0 Å². The molecule has 0 N–H and O–H groups in total. The summed E-state index contributed by atoms with van der Waals surface area (Å²) in [5, 5.41) is 0. The molecule has 0 aromatic rings. The smallest absolute Gasteiger partial charge is 0.0946 e. The molecule has 0 aliphatic carbocycles. The highest BCUT2D eigenvalue weighted by molar-refractivity contribution is 7.89. The average molecular weight is 177 g/mol. The van der Waals surface area contributed by atoms with Crippen molar-refractivity contribution in [2.75, 3.05) is 24.3 Å². The number of alkyl halides is 2. The summed E-state index contributed by atoms with van der Waals surface area (Å²) < 4.78 is 9.56. The highest BCUT2D eigenvalue weighted by Gasteiger charge is 1.66. The van der Waals surface area contributed by atoms with Crippen molar-refractivity contribution in [3.63, 3.8) is 0 Å². The van der Waals surface area contributed by atoms with Gasteiger partial charge in [0.05, 0.1) is 12.5 Å². The maximum atomic E-state index is 9.56. The lowest BCUT2D eigenvalue weighted by molar-refractivity contribution is 0.606. The van der Waals surface area contributed by atoms with E-state index in [4.69, 9.17) is 23.2 Å². The standard InChI is InChI=1S/C2H4Cl2.C2H6OS/c3-1-2-4;1-4(2)3/h1-2H2;1-2H3. The van der Waals surface area contributed by atoms with Crippen LogP contribution in [0.5, 0.6) is 0 Å². The lowest BCUT2D eigenvalue weighted by Gasteiger charge is -1.87. The van der Waals surface area contributed by atoms with E-state index in [1.165, 1.54) is 0 Å². The van der Waals surface area contributed by atoms with Crippen molar-refractivity contribution in [3.05, 3.63) is 0 Å². The summed E-state index contributed by atoms with van der Waals surface area (Å²) >= 11 is 9.50.